The molecule has 0 radical (unpaired) electrons. The molecule has 0 unspecified atom stereocenters. The summed E-state index contributed by atoms with van der Waals surface area (Å²) in [5.74, 6) is 1.10. The number of para-hydroxylation sites is 1. The fourth-order valence-corrected chi connectivity index (χ4v) is 2.95. The molecule has 1 fully saturated rings. The van der Waals surface area contributed by atoms with Gasteiger partial charge in [0.25, 0.3) is 0 Å². The highest BCUT2D eigenvalue weighted by molar-refractivity contribution is 5.89. The van der Waals surface area contributed by atoms with E-state index < -0.39 is 5.82 Å². The normalized spacial score (nSPS) is 14.7. The minimum atomic E-state index is -0.443. The number of hydrogen-bond donors (Lipinski definition) is 1. The van der Waals surface area contributed by atoms with Gasteiger partial charge in [-0.2, -0.15) is 4.52 Å². The number of piperazine rings is 1. The van der Waals surface area contributed by atoms with Crippen LogP contribution in [0.5, 0.6) is 0 Å². The summed E-state index contributed by atoms with van der Waals surface area (Å²) in [7, 11) is 0. The molecule has 0 aliphatic carbocycles. The molecule has 1 aromatic carbocycles. The van der Waals surface area contributed by atoms with Gasteiger partial charge in [-0.1, -0.05) is 12.1 Å². The number of hydrogen-bond acceptors (Lipinski definition) is 5. The number of carbonyl (C=O) groups excluding carboxylic acids is 1. The van der Waals surface area contributed by atoms with Crippen LogP contribution in [0.25, 0.3) is 5.65 Å². The van der Waals surface area contributed by atoms with E-state index >= 15 is 0 Å². The molecule has 3 heterocycles. The van der Waals surface area contributed by atoms with E-state index in [0.717, 1.165) is 11.6 Å². The average molecular weight is 355 g/mol. The smallest absolute Gasteiger partial charge is 0.322 e. The molecular weight excluding hydrogens is 337 g/mol. The molecule has 26 heavy (non-hydrogen) atoms. The maximum Gasteiger partial charge on any atom is 0.322 e. The number of nitrogens with one attached hydrogen (secondary N) is 1. The molecule has 4 rings (SSSR count). The van der Waals surface area contributed by atoms with Crippen molar-refractivity contribution < 1.29 is 9.18 Å². The Bertz CT molecular complexity index is 949. The summed E-state index contributed by atoms with van der Waals surface area (Å²) in [5.41, 5.74) is 0.893. The van der Waals surface area contributed by atoms with E-state index in [1.165, 1.54) is 6.07 Å². The lowest BCUT2D eigenvalue weighted by Gasteiger charge is -2.35. The van der Waals surface area contributed by atoms with Crippen molar-refractivity contribution in [3.63, 3.8) is 0 Å². The van der Waals surface area contributed by atoms with E-state index in [2.05, 4.69) is 25.5 Å². The molecule has 8 nitrogen and oxygen atoms in total. The van der Waals surface area contributed by atoms with Gasteiger partial charge < -0.3 is 15.1 Å². The summed E-state index contributed by atoms with van der Waals surface area (Å²) in [6, 6.07) is 9.62. The summed E-state index contributed by atoms with van der Waals surface area (Å²) >= 11 is 0. The zero-order valence-electron chi connectivity index (χ0n) is 14.3. The lowest BCUT2D eigenvalue weighted by atomic mass is 10.3. The molecule has 2 aromatic heterocycles. The van der Waals surface area contributed by atoms with Gasteiger partial charge in [-0.15, -0.1) is 15.3 Å². The predicted octanol–water partition coefficient (Wildman–Crippen LogP) is 1.93. The molecule has 1 aliphatic heterocycles. The van der Waals surface area contributed by atoms with E-state index in [-0.39, 0.29) is 11.7 Å². The third-order valence-corrected chi connectivity index (χ3v) is 4.41. The van der Waals surface area contributed by atoms with E-state index in [1.54, 1.807) is 27.6 Å². The number of urea groups is 1. The Labute approximate surface area is 149 Å². The third-order valence-electron chi connectivity index (χ3n) is 4.41. The van der Waals surface area contributed by atoms with Crippen LogP contribution >= 0.6 is 0 Å². The molecule has 0 spiro atoms. The number of aryl methyl sites for hydroxylation is 1. The Hall–Kier alpha value is -3.23. The van der Waals surface area contributed by atoms with Crippen LogP contribution in [0.3, 0.4) is 0 Å². The molecule has 1 N–H and O–H groups in total. The zero-order valence-corrected chi connectivity index (χ0v) is 14.3. The molecule has 1 aliphatic rings. The Morgan fingerprint density at radius 1 is 1.08 bits per heavy atom. The fraction of sp³-hybridized carbons (Fsp3) is 0.294. The highest BCUT2D eigenvalue weighted by atomic mass is 19.1. The molecule has 3 aromatic rings. The molecule has 1 saturated heterocycles. The number of aromatic nitrogens is 4. The lowest BCUT2D eigenvalue weighted by Crippen LogP contribution is -2.50. The van der Waals surface area contributed by atoms with Gasteiger partial charge >= 0.3 is 6.03 Å². The van der Waals surface area contributed by atoms with Gasteiger partial charge in [-0.3, -0.25) is 0 Å². The van der Waals surface area contributed by atoms with Crippen LogP contribution in [-0.4, -0.2) is 56.9 Å². The van der Waals surface area contributed by atoms with Crippen LogP contribution in [0.1, 0.15) is 5.82 Å². The number of benzene rings is 1. The second-order valence-electron chi connectivity index (χ2n) is 6.09. The molecule has 2 amide bonds. The van der Waals surface area contributed by atoms with Crippen LogP contribution < -0.4 is 10.2 Å². The minimum Gasteiger partial charge on any atom is -0.352 e. The van der Waals surface area contributed by atoms with Gasteiger partial charge in [0.05, 0.1) is 5.69 Å². The van der Waals surface area contributed by atoms with Crippen molar-refractivity contribution >= 4 is 23.2 Å². The predicted molar refractivity (Wildman–Crippen MR) is 94.7 cm³/mol. The van der Waals surface area contributed by atoms with Gasteiger partial charge in [0.15, 0.2) is 11.5 Å². The Kier molecular flexibility index (Phi) is 4.11. The summed E-state index contributed by atoms with van der Waals surface area (Å²) in [6.45, 7) is 4.19. The van der Waals surface area contributed by atoms with Gasteiger partial charge in [0.1, 0.15) is 11.6 Å². The summed E-state index contributed by atoms with van der Waals surface area (Å²) in [5, 5.41) is 15.2. The van der Waals surface area contributed by atoms with Crippen molar-refractivity contribution in [2.45, 2.75) is 6.92 Å². The lowest BCUT2D eigenvalue weighted by molar-refractivity contribution is 0.208. The number of carbonyl (C=O) groups is 1. The van der Waals surface area contributed by atoms with Crippen molar-refractivity contribution in [3.8, 4) is 0 Å². The van der Waals surface area contributed by atoms with Crippen LogP contribution in [0.2, 0.25) is 0 Å². The topological polar surface area (TPSA) is 78.7 Å². The van der Waals surface area contributed by atoms with Crippen molar-refractivity contribution in [3.05, 3.63) is 48.0 Å². The first-order valence-corrected chi connectivity index (χ1v) is 8.36. The van der Waals surface area contributed by atoms with E-state index in [0.29, 0.717) is 31.8 Å². The number of fused-ring (bicyclic) bond motifs is 1. The highest BCUT2D eigenvalue weighted by Gasteiger charge is 2.23. The van der Waals surface area contributed by atoms with E-state index in [9.17, 15) is 9.18 Å². The van der Waals surface area contributed by atoms with Gasteiger partial charge in [0, 0.05) is 26.2 Å². The fourth-order valence-electron chi connectivity index (χ4n) is 2.95. The van der Waals surface area contributed by atoms with Crippen molar-refractivity contribution in [1.29, 1.82) is 0 Å². The molecule has 134 valence electrons. The highest BCUT2D eigenvalue weighted by Crippen LogP contribution is 2.17. The number of halogens is 1. The monoisotopic (exact) mass is 355 g/mol. The SMILES string of the molecule is Cc1nnc2ccc(N3CCN(C(=O)Nc4ccccc4F)CC3)nn12. The van der Waals surface area contributed by atoms with Crippen molar-refractivity contribution in [2.75, 3.05) is 36.4 Å². The molecule has 9 heteroatoms. The van der Waals surface area contributed by atoms with Crippen LogP contribution in [0.4, 0.5) is 20.7 Å². The molecule has 0 bridgehead atoms. The van der Waals surface area contributed by atoms with Crippen LogP contribution in [0.15, 0.2) is 36.4 Å². The first kappa shape index (κ1) is 16.2. The number of rotatable bonds is 2. The maximum atomic E-state index is 13.7. The standard InChI is InChI=1S/C17H18FN7O/c1-12-20-21-15-6-7-16(22-25(12)15)23-8-10-24(11-9-23)17(26)19-14-5-3-2-4-13(14)18/h2-7H,8-11H2,1H3,(H,19,26). The Morgan fingerprint density at radius 2 is 1.85 bits per heavy atom. The first-order chi connectivity index (χ1) is 12.6. The molecule has 0 saturated carbocycles. The first-order valence-electron chi connectivity index (χ1n) is 8.36. The van der Waals surface area contributed by atoms with Gasteiger partial charge in [0.2, 0.25) is 0 Å². The van der Waals surface area contributed by atoms with Gasteiger partial charge in [-0.25, -0.2) is 9.18 Å². The average Bonchev–Trinajstić information content (AvgIpc) is 3.04. The van der Waals surface area contributed by atoms with Crippen LogP contribution in [-0.2, 0) is 0 Å². The van der Waals surface area contributed by atoms with Crippen molar-refractivity contribution in [1.82, 2.24) is 24.7 Å². The minimum absolute atomic E-state index is 0.190. The number of anilines is 2. The van der Waals surface area contributed by atoms with E-state index in [4.69, 9.17) is 0 Å². The quantitative estimate of drug-likeness (QED) is 0.760. The second-order valence-corrected chi connectivity index (χ2v) is 6.09. The Balaban J connectivity index is 1.41. The summed E-state index contributed by atoms with van der Waals surface area (Å²) in [6.07, 6.45) is 0. The second kappa shape index (κ2) is 6.58. The molecule has 0 atom stereocenters. The van der Waals surface area contributed by atoms with Crippen molar-refractivity contribution in [2.24, 2.45) is 0 Å². The number of amides is 2. The zero-order chi connectivity index (χ0) is 18.1. The summed E-state index contributed by atoms with van der Waals surface area (Å²) < 4.78 is 15.4. The molecular formula is C17H18FN7O. The summed E-state index contributed by atoms with van der Waals surface area (Å²) in [4.78, 5) is 16.1. The van der Waals surface area contributed by atoms with E-state index in [1.807, 2.05) is 19.1 Å². The maximum absolute atomic E-state index is 13.7. The Morgan fingerprint density at radius 3 is 2.62 bits per heavy atom. The third kappa shape index (κ3) is 3.03. The largest absolute Gasteiger partial charge is 0.352 e. The van der Waals surface area contributed by atoms with Crippen LogP contribution in [0, 0.1) is 12.7 Å². The number of nitrogens with zero attached hydrogens (tertiary/aromatic N) is 6. The van der Waals surface area contributed by atoms with Gasteiger partial charge in [-0.05, 0) is 31.2 Å².